The Labute approximate surface area is 124 Å². The lowest BCUT2D eigenvalue weighted by Crippen LogP contribution is -2.12. The van der Waals surface area contributed by atoms with Crippen LogP contribution >= 0.6 is 0 Å². The third-order valence-corrected chi connectivity index (χ3v) is 3.32. The van der Waals surface area contributed by atoms with Gasteiger partial charge in [-0.2, -0.15) is 0 Å². The second-order valence-electron chi connectivity index (χ2n) is 5.32. The van der Waals surface area contributed by atoms with Crippen LogP contribution in [-0.4, -0.2) is 26.3 Å². The summed E-state index contributed by atoms with van der Waals surface area (Å²) in [4.78, 5) is 10.8. The number of carbonyl (C=O) groups excluding carboxylic acids is 1. The van der Waals surface area contributed by atoms with Gasteiger partial charge in [0.15, 0.2) is 6.29 Å². The molecule has 0 radical (unpaired) electrons. The standard InChI is InChI=1S/C17H30O3/c1-14(10-7-11-16(3)18)8-6-9-15(2)12-13-17(19-4)20-5/h9-10,17H,6-8,11-13H2,1-5H3/b14-10+,15-9+. The Balaban J connectivity index is 3.89. The van der Waals surface area contributed by atoms with Crippen molar-refractivity contribution in [1.82, 2.24) is 0 Å². The zero-order valence-electron chi connectivity index (χ0n) is 13.7. The third kappa shape index (κ3) is 10.9. The van der Waals surface area contributed by atoms with Gasteiger partial charge in [0.05, 0.1) is 0 Å². The number of allylic oxidation sites excluding steroid dienone is 4. The Kier molecular flexibility index (Phi) is 11.3. The Hall–Kier alpha value is -0.930. The van der Waals surface area contributed by atoms with Crippen molar-refractivity contribution in [2.45, 2.75) is 65.6 Å². The number of hydrogen-bond donors (Lipinski definition) is 0. The van der Waals surface area contributed by atoms with Crippen LogP contribution in [0.25, 0.3) is 0 Å². The second-order valence-corrected chi connectivity index (χ2v) is 5.32. The SMILES string of the molecule is COC(CC/C(C)=C/CC/C(C)=C/CCC(C)=O)OC. The predicted molar refractivity (Wildman–Crippen MR) is 83.7 cm³/mol. The van der Waals surface area contributed by atoms with Gasteiger partial charge in [-0.25, -0.2) is 0 Å². The van der Waals surface area contributed by atoms with Crippen LogP contribution in [0.4, 0.5) is 0 Å². The summed E-state index contributed by atoms with van der Waals surface area (Å²) < 4.78 is 10.3. The smallest absolute Gasteiger partial charge is 0.157 e. The minimum atomic E-state index is -0.105. The molecule has 0 N–H and O–H groups in total. The van der Waals surface area contributed by atoms with Gasteiger partial charge in [0.1, 0.15) is 5.78 Å². The summed E-state index contributed by atoms with van der Waals surface area (Å²) in [5.41, 5.74) is 2.74. The van der Waals surface area contributed by atoms with Gasteiger partial charge in [0, 0.05) is 27.1 Å². The van der Waals surface area contributed by atoms with Crippen LogP contribution < -0.4 is 0 Å². The first-order chi connectivity index (χ1) is 9.49. The summed E-state index contributed by atoms with van der Waals surface area (Å²) in [5.74, 6) is 0.260. The van der Waals surface area contributed by atoms with E-state index in [2.05, 4.69) is 26.0 Å². The molecule has 116 valence electrons. The van der Waals surface area contributed by atoms with E-state index >= 15 is 0 Å². The molecule has 0 aromatic rings. The van der Waals surface area contributed by atoms with E-state index in [9.17, 15) is 4.79 Å². The van der Waals surface area contributed by atoms with E-state index < -0.39 is 0 Å². The number of carbonyl (C=O) groups is 1. The van der Waals surface area contributed by atoms with Crippen molar-refractivity contribution in [1.29, 1.82) is 0 Å². The molecule has 0 amide bonds. The first-order valence-electron chi connectivity index (χ1n) is 7.35. The van der Waals surface area contributed by atoms with Crippen molar-refractivity contribution in [3.8, 4) is 0 Å². The fourth-order valence-corrected chi connectivity index (χ4v) is 1.95. The van der Waals surface area contributed by atoms with Gasteiger partial charge in [-0.1, -0.05) is 23.3 Å². The zero-order valence-corrected chi connectivity index (χ0v) is 13.7. The highest BCUT2D eigenvalue weighted by Gasteiger charge is 2.04. The fraction of sp³-hybridized carbons (Fsp3) is 0.706. The molecule has 0 saturated heterocycles. The van der Waals surface area contributed by atoms with E-state index in [-0.39, 0.29) is 12.1 Å². The van der Waals surface area contributed by atoms with Crippen molar-refractivity contribution in [2.24, 2.45) is 0 Å². The average molecular weight is 282 g/mol. The molecule has 0 unspecified atom stereocenters. The molecule has 0 spiro atoms. The molecule has 3 heteroatoms. The minimum absolute atomic E-state index is 0.105. The van der Waals surface area contributed by atoms with Crippen LogP contribution in [0.15, 0.2) is 23.3 Å². The van der Waals surface area contributed by atoms with Crippen molar-refractivity contribution >= 4 is 5.78 Å². The predicted octanol–water partition coefficient (Wildman–Crippen LogP) is 4.43. The van der Waals surface area contributed by atoms with Crippen LogP contribution in [0.3, 0.4) is 0 Å². The van der Waals surface area contributed by atoms with Gasteiger partial charge < -0.3 is 14.3 Å². The van der Waals surface area contributed by atoms with Crippen molar-refractivity contribution in [2.75, 3.05) is 14.2 Å². The highest BCUT2D eigenvalue weighted by molar-refractivity contribution is 5.75. The number of methoxy groups -OCH3 is 2. The molecule has 0 saturated carbocycles. The summed E-state index contributed by atoms with van der Waals surface area (Å²) in [7, 11) is 3.34. The van der Waals surface area contributed by atoms with E-state index in [1.165, 1.54) is 11.1 Å². The van der Waals surface area contributed by atoms with Crippen molar-refractivity contribution in [3.63, 3.8) is 0 Å². The average Bonchev–Trinajstić information content (AvgIpc) is 2.39. The summed E-state index contributed by atoms with van der Waals surface area (Å²) in [5, 5.41) is 0. The number of ether oxygens (including phenoxy) is 2. The zero-order chi connectivity index (χ0) is 15.4. The largest absolute Gasteiger partial charge is 0.356 e. The highest BCUT2D eigenvalue weighted by atomic mass is 16.7. The quantitative estimate of drug-likeness (QED) is 0.415. The normalized spacial score (nSPS) is 13.1. The summed E-state index contributed by atoms with van der Waals surface area (Å²) in [6.07, 6.45) is 9.89. The van der Waals surface area contributed by atoms with E-state index in [0.29, 0.717) is 6.42 Å². The molecule has 0 atom stereocenters. The Morgan fingerprint density at radius 3 is 1.90 bits per heavy atom. The summed E-state index contributed by atoms with van der Waals surface area (Å²) >= 11 is 0. The highest BCUT2D eigenvalue weighted by Crippen LogP contribution is 2.13. The fourth-order valence-electron chi connectivity index (χ4n) is 1.95. The maximum absolute atomic E-state index is 10.8. The van der Waals surface area contributed by atoms with Gasteiger partial charge in [-0.15, -0.1) is 0 Å². The second kappa shape index (κ2) is 11.9. The number of Topliss-reactive ketones (excluding diaryl/α,β-unsaturated/α-hetero) is 1. The van der Waals surface area contributed by atoms with Gasteiger partial charge >= 0.3 is 0 Å². The number of rotatable bonds is 11. The summed E-state index contributed by atoms with van der Waals surface area (Å²) in [6.45, 7) is 5.93. The number of ketones is 1. The van der Waals surface area contributed by atoms with Crippen LogP contribution in [0.2, 0.25) is 0 Å². The molecule has 0 aromatic heterocycles. The topological polar surface area (TPSA) is 35.5 Å². The number of hydrogen-bond acceptors (Lipinski definition) is 3. The Morgan fingerprint density at radius 1 is 0.900 bits per heavy atom. The van der Waals surface area contributed by atoms with Crippen molar-refractivity contribution in [3.05, 3.63) is 23.3 Å². The molecule has 0 heterocycles. The van der Waals surface area contributed by atoms with Gasteiger partial charge in [0.25, 0.3) is 0 Å². The first-order valence-corrected chi connectivity index (χ1v) is 7.35. The maximum Gasteiger partial charge on any atom is 0.157 e. The van der Waals surface area contributed by atoms with Crippen molar-refractivity contribution < 1.29 is 14.3 Å². The molecule has 0 rings (SSSR count). The van der Waals surface area contributed by atoms with Gasteiger partial charge in [-0.3, -0.25) is 0 Å². The molecule has 0 bridgehead atoms. The molecule has 3 nitrogen and oxygen atoms in total. The Morgan fingerprint density at radius 2 is 1.40 bits per heavy atom. The first kappa shape index (κ1) is 19.1. The molecule has 0 aliphatic carbocycles. The van der Waals surface area contributed by atoms with E-state index in [1.54, 1.807) is 21.1 Å². The molecule has 0 aliphatic heterocycles. The van der Waals surface area contributed by atoms with Crippen LogP contribution in [0, 0.1) is 0 Å². The Bertz CT molecular complexity index is 325. The van der Waals surface area contributed by atoms with Crippen LogP contribution in [0.1, 0.15) is 59.3 Å². The maximum atomic E-state index is 10.8. The lowest BCUT2D eigenvalue weighted by molar-refractivity contribution is -0.116. The molecule has 0 aromatic carbocycles. The van der Waals surface area contributed by atoms with E-state index in [4.69, 9.17) is 9.47 Å². The lowest BCUT2D eigenvalue weighted by Gasteiger charge is -2.12. The molecular formula is C17H30O3. The summed E-state index contributed by atoms with van der Waals surface area (Å²) in [6, 6.07) is 0. The van der Waals surface area contributed by atoms with Gasteiger partial charge in [-0.05, 0) is 46.5 Å². The molecule has 0 aliphatic rings. The van der Waals surface area contributed by atoms with Crippen LogP contribution in [0.5, 0.6) is 0 Å². The lowest BCUT2D eigenvalue weighted by atomic mass is 10.1. The molecule has 20 heavy (non-hydrogen) atoms. The van der Waals surface area contributed by atoms with E-state index in [1.807, 2.05) is 0 Å². The molecule has 0 fully saturated rings. The minimum Gasteiger partial charge on any atom is -0.356 e. The van der Waals surface area contributed by atoms with Gasteiger partial charge in [0.2, 0.25) is 0 Å². The monoisotopic (exact) mass is 282 g/mol. The van der Waals surface area contributed by atoms with E-state index in [0.717, 1.165) is 32.1 Å². The van der Waals surface area contributed by atoms with Crippen LogP contribution in [-0.2, 0) is 14.3 Å². The molecular weight excluding hydrogens is 252 g/mol. The third-order valence-electron chi connectivity index (χ3n) is 3.32.